The zero-order chi connectivity index (χ0) is 19.6. The van der Waals surface area contributed by atoms with Crippen molar-refractivity contribution in [3.05, 3.63) is 58.6 Å². The van der Waals surface area contributed by atoms with Gasteiger partial charge in [-0.2, -0.15) is 0 Å². The maximum absolute atomic E-state index is 13.6. The molecule has 3 aromatic rings. The van der Waals surface area contributed by atoms with E-state index in [0.717, 1.165) is 28.9 Å². The van der Waals surface area contributed by atoms with Gasteiger partial charge in [-0.25, -0.2) is 13.8 Å². The van der Waals surface area contributed by atoms with Gasteiger partial charge in [-0.1, -0.05) is 22.9 Å². The number of hydrogen-bond acceptors (Lipinski definition) is 4. The van der Waals surface area contributed by atoms with Gasteiger partial charge in [0.25, 0.3) is 5.91 Å². The van der Waals surface area contributed by atoms with E-state index in [9.17, 15) is 13.6 Å². The van der Waals surface area contributed by atoms with Crippen LogP contribution in [-0.2, 0) is 0 Å². The number of rotatable bonds is 6. The van der Waals surface area contributed by atoms with E-state index in [4.69, 9.17) is 11.6 Å². The first-order chi connectivity index (χ1) is 12.8. The van der Waals surface area contributed by atoms with E-state index >= 15 is 0 Å². The summed E-state index contributed by atoms with van der Waals surface area (Å²) in [6.07, 6.45) is 0.707. The van der Waals surface area contributed by atoms with Crippen LogP contribution in [0.25, 0.3) is 10.2 Å². The number of nitrogens with zero attached hydrogens (tertiary/aromatic N) is 3. The topological polar surface area (TPSA) is 36.4 Å². The summed E-state index contributed by atoms with van der Waals surface area (Å²) in [5.74, 6) is -2.46. The summed E-state index contributed by atoms with van der Waals surface area (Å²) in [6, 6.07) is 8.47. The molecular formula is C19H19Cl2F2N3OS. The number of thiazole rings is 1. The van der Waals surface area contributed by atoms with E-state index in [1.54, 1.807) is 18.2 Å². The molecule has 2 aromatic carbocycles. The van der Waals surface area contributed by atoms with Crippen molar-refractivity contribution in [2.24, 2.45) is 0 Å². The maximum Gasteiger partial charge on any atom is 0.260 e. The summed E-state index contributed by atoms with van der Waals surface area (Å²) in [4.78, 5) is 21.0. The number of carbonyl (C=O) groups is 1. The fraction of sp³-hybridized carbons (Fsp3) is 0.263. The van der Waals surface area contributed by atoms with Crippen molar-refractivity contribution in [2.75, 3.05) is 32.1 Å². The van der Waals surface area contributed by atoms with Gasteiger partial charge in [0.2, 0.25) is 0 Å². The van der Waals surface area contributed by atoms with Crippen LogP contribution in [0.5, 0.6) is 0 Å². The first-order valence-corrected chi connectivity index (χ1v) is 9.52. The quantitative estimate of drug-likeness (QED) is 0.519. The first-order valence-electron chi connectivity index (χ1n) is 8.33. The smallest absolute Gasteiger partial charge is 0.260 e. The molecule has 0 saturated carbocycles. The highest BCUT2D eigenvalue weighted by molar-refractivity contribution is 7.22. The Morgan fingerprint density at radius 1 is 1.11 bits per heavy atom. The molecule has 3 rings (SSSR count). The van der Waals surface area contributed by atoms with E-state index in [2.05, 4.69) is 4.98 Å². The van der Waals surface area contributed by atoms with Crippen molar-refractivity contribution >= 4 is 56.6 Å². The second-order valence-electron chi connectivity index (χ2n) is 6.35. The molecule has 0 unspecified atom stereocenters. The number of hydrogen-bond donors (Lipinski definition) is 0. The molecular weight excluding hydrogens is 427 g/mol. The molecule has 1 aromatic heterocycles. The Balaban J connectivity index is 0.00000280. The largest absolute Gasteiger partial charge is 0.309 e. The van der Waals surface area contributed by atoms with Gasteiger partial charge < -0.3 is 4.90 Å². The number of amides is 1. The lowest BCUT2D eigenvalue weighted by Gasteiger charge is -2.21. The maximum atomic E-state index is 13.6. The van der Waals surface area contributed by atoms with Crippen molar-refractivity contribution in [3.8, 4) is 0 Å². The highest BCUT2D eigenvalue weighted by Crippen LogP contribution is 2.31. The Morgan fingerprint density at radius 3 is 2.54 bits per heavy atom. The molecule has 0 saturated heterocycles. The molecule has 0 radical (unpaired) electrons. The van der Waals surface area contributed by atoms with Gasteiger partial charge in [0.05, 0.1) is 10.2 Å². The molecule has 0 atom stereocenters. The van der Waals surface area contributed by atoms with Crippen LogP contribution in [0.2, 0.25) is 5.02 Å². The van der Waals surface area contributed by atoms with Crippen LogP contribution in [0.1, 0.15) is 16.8 Å². The number of benzene rings is 2. The minimum absolute atomic E-state index is 0. The summed E-state index contributed by atoms with van der Waals surface area (Å²) < 4.78 is 27.7. The third kappa shape index (κ3) is 5.17. The number of carbonyl (C=O) groups excluding carboxylic acids is 1. The predicted molar refractivity (Wildman–Crippen MR) is 113 cm³/mol. The van der Waals surface area contributed by atoms with Gasteiger partial charge in [-0.3, -0.25) is 9.69 Å². The van der Waals surface area contributed by atoms with Crippen molar-refractivity contribution in [1.82, 2.24) is 9.88 Å². The molecule has 28 heavy (non-hydrogen) atoms. The van der Waals surface area contributed by atoms with E-state index < -0.39 is 17.5 Å². The molecule has 0 fully saturated rings. The summed E-state index contributed by atoms with van der Waals surface area (Å²) in [6.45, 7) is 1.18. The molecule has 0 aliphatic rings. The van der Waals surface area contributed by atoms with E-state index in [-0.39, 0.29) is 18.0 Å². The SMILES string of the molecule is CN(C)CCCN(C(=O)c1ccc(F)c(F)c1)c1nc2ccc(Cl)cc2s1.Cl. The molecule has 150 valence electrons. The van der Waals surface area contributed by atoms with Crippen LogP contribution in [0.15, 0.2) is 36.4 Å². The molecule has 1 heterocycles. The van der Waals surface area contributed by atoms with Crippen molar-refractivity contribution in [3.63, 3.8) is 0 Å². The van der Waals surface area contributed by atoms with Gasteiger partial charge in [-0.05, 0) is 63.5 Å². The predicted octanol–water partition coefficient (Wildman–Crippen LogP) is 5.25. The summed E-state index contributed by atoms with van der Waals surface area (Å²) in [5, 5.41) is 1.09. The second-order valence-corrected chi connectivity index (χ2v) is 7.80. The third-order valence-electron chi connectivity index (χ3n) is 3.97. The molecule has 0 bridgehead atoms. The average Bonchev–Trinajstić information content (AvgIpc) is 3.03. The minimum atomic E-state index is -1.05. The van der Waals surface area contributed by atoms with Gasteiger partial charge in [0.15, 0.2) is 16.8 Å². The highest BCUT2D eigenvalue weighted by Gasteiger charge is 2.22. The molecule has 0 aliphatic heterocycles. The lowest BCUT2D eigenvalue weighted by atomic mass is 10.2. The molecule has 0 N–H and O–H groups in total. The van der Waals surface area contributed by atoms with Crippen LogP contribution in [0.4, 0.5) is 13.9 Å². The summed E-state index contributed by atoms with van der Waals surface area (Å²) in [7, 11) is 3.89. The molecule has 4 nitrogen and oxygen atoms in total. The number of anilines is 1. The fourth-order valence-corrected chi connectivity index (χ4v) is 3.88. The highest BCUT2D eigenvalue weighted by atomic mass is 35.5. The van der Waals surface area contributed by atoms with Crippen LogP contribution in [0.3, 0.4) is 0 Å². The van der Waals surface area contributed by atoms with Crippen LogP contribution in [-0.4, -0.2) is 43.0 Å². The lowest BCUT2D eigenvalue weighted by Crippen LogP contribution is -2.33. The van der Waals surface area contributed by atoms with Crippen molar-refractivity contribution in [2.45, 2.75) is 6.42 Å². The zero-order valence-electron chi connectivity index (χ0n) is 15.3. The number of aromatic nitrogens is 1. The van der Waals surface area contributed by atoms with Gasteiger partial charge in [-0.15, -0.1) is 12.4 Å². The van der Waals surface area contributed by atoms with Gasteiger partial charge in [0, 0.05) is 17.1 Å². The number of fused-ring (bicyclic) bond motifs is 1. The second kappa shape index (κ2) is 9.60. The Morgan fingerprint density at radius 2 is 1.86 bits per heavy atom. The Kier molecular flexibility index (Phi) is 7.71. The standard InChI is InChI=1S/C19H18ClF2N3OS.ClH/c1-24(2)8-3-9-25(18(26)12-4-6-14(21)15(22)10-12)19-23-16-7-5-13(20)11-17(16)27-19;/h4-7,10-11H,3,8-9H2,1-2H3;1H. The van der Waals surface area contributed by atoms with E-state index in [1.165, 1.54) is 22.3 Å². The summed E-state index contributed by atoms with van der Waals surface area (Å²) >= 11 is 7.37. The Hall–Kier alpha value is -1.80. The van der Waals surface area contributed by atoms with Crippen molar-refractivity contribution in [1.29, 1.82) is 0 Å². The van der Waals surface area contributed by atoms with Crippen LogP contribution in [0, 0.1) is 11.6 Å². The fourth-order valence-electron chi connectivity index (χ4n) is 2.62. The van der Waals surface area contributed by atoms with Gasteiger partial charge >= 0.3 is 0 Å². The van der Waals surface area contributed by atoms with Gasteiger partial charge in [0.1, 0.15) is 0 Å². The minimum Gasteiger partial charge on any atom is -0.309 e. The zero-order valence-corrected chi connectivity index (χ0v) is 17.7. The Labute approximate surface area is 177 Å². The monoisotopic (exact) mass is 445 g/mol. The third-order valence-corrected chi connectivity index (χ3v) is 5.25. The van der Waals surface area contributed by atoms with Crippen LogP contribution < -0.4 is 4.90 Å². The molecule has 0 aliphatic carbocycles. The van der Waals surface area contributed by atoms with E-state index in [0.29, 0.717) is 23.1 Å². The summed E-state index contributed by atoms with van der Waals surface area (Å²) in [5.41, 5.74) is 0.811. The normalized spacial score (nSPS) is 10.9. The molecule has 9 heteroatoms. The average molecular weight is 446 g/mol. The van der Waals surface area contributed by atoms with Crippen molar-refractivity contribution < 1.29 is 13.6 Å². The molecule has 0 spiro atoms. The van der Waals surface area contributed by atoms with E-state index in [1.807, 2.05) is 19.0 Å². The number of halogens is 4. The molecule has 1 amide bonds. The van der Waals surface area contributed by atoms with Crippen LogP contribution >= 0.6 is 35.3 Å². The lowest BCUT2D eigenvalue weighted by molar-refractivity contribution is 0.0985. The first kappa shape index (κ1) is 22.5. The Bertz CT molecular complexity index is 981.